The molecule has 41 heavy (non-hydrogen) atoms. The Balaban J connectivity index is 1.06. The molecule has 2 amide bonds. The minimum atomic E-state index is -0.393. The molecule has 10 heteroatoms. The van der Waals surface area contributed by atoms with Gasteiger partial charge in [0.15, 0.2) is 5.13 Å². The van der Waals surface area contributed by atoms with Gasteiger partial charge in [-0.15, -0.1) is 11.3 Å². The van der Waals surface area contributed by atoms with Crippen LogP contribution < -0.4 is 10.6 Å². The van der Waals surface area contributed by atoms with Crippen LogP contribution in [0.2, 0.25) is 0 Å². The minimum absolute atomic E-state index is 0.239. The van der Waals surface area contributed by atoms with Gasteiger partial charge in [0.2, 0.25) is 5.95 Å². The predicted molar refractivity (Wildman–Crippen MR) is 160 cm³/mol. The van der Waals surface area contributed by atoms with E-state index < -0.39 is 5.91 Å². The number of benzene rings is 3. The number of imidazole rings is 1. The Hall–Kier alpha value is -4.93. The van der Waals surface area contributed by atoms with Crippen LogP contribution in [0.5, 0.6) is 0 Å². The van der Waals surface area contributed by atoms with Gasteiger partial charge in [-0.25, -0.2) is 9.97 Å². The van der Waals surface area contributed by atoms with E-state index in [0.29, 0.717) is 21.7 Å². The molecule has 4 heterocycles. The Morgan fingerprint density at radius 2 is 1.73 bits per heavy atom. The number of fused-ring (bicyclic) bond motifs is 3. The fourth-order valence-electron chi connectivity index (χ4n) is 5.10. The van der Waals surface area contributed by atoms with Crippen molar-refractivity contribution < 1.29 is 9.59 Å². The van der Waals surface area contributed by atoms with E-state index in [-0.39, 0.29) is 17.5 Å². The summed E-state index contributed by atoms with van der Waals surface area (Å²) in [6.45, 7) is 2.62. The number of nitrogens with one attached hydrogen (secondary N) is 3. The number of aromatic amines is 1. The molecule has 0 atom stereocenters. The molecule has 7 rings (SSSR count). The summed E-state index contributed by atoms with van der Waals surface area (Å²) in [5.41, 5.74) is 4.08. The Kier molecular flexibility index (Phi) is 6.46. The SMILES string of the molecule is O=C(Nc1nc2c(C(=O)Nc3nc4c(s3)CN(Cc3ccccc3)CC4)cccc2[nH]1)c1cc2ccccc2cn1. The lowest BCUT2D eigenvalue weighted by Crippen LogP contribution is -2.29. The van der Waals surface area contributed by atoms with Crippen LogP contribution in [0.25, 0.3) is 21.8 Å². The smallest absolute Gasteiger partial charge is 0.276 e. The number of carbonyl (C=O) groups is 2. The van der Waals surface area contributed by atoms with Gasteiger partial charge in [0, 0.05) is 42.5 Å². The highest BCUT2D eigenvalue weighted by Crippen LogP contribution is 2.30. The zero-order valence-electron chi connectivity index (χ0n) is 21.9. The Morgan fingerprint density at radius 3 is 2.61 bits per heavy atom. The quantitative estimate of drug-likeness (QED) is 0.244. The highest BCUT2D eigenvalue weighted by Gasteiger charge is 2.23. The lowest BCUT2D eigenvalue weighted by atomic mass is 10.1. The van der Waals surface area contributed by atoms with E-state index in [9.17, 15) is 9.59 Å². The summed E-state index contributed by atoms with van der Waals surface area (Å²) < 4.78 is 0. The molecule has 9 nitrogen and oxygen atoms in total. The van der Waals surface area contributed by atoms with Crippen molar-refractivity contribution in [3.8, 4) is 0 Å². The van der Waals surface area contributed by atoms with Crippen molar-refractivity contribution in [2.24, 2.45) is 0 Å². The van der Waals surface area contributed by atoms with E-state index in [1.54, 1.807) is 24.4 Å². The lowest BCUT2D eigenvalue weighted by molar-refractivity contribution is 0.101. The zero-order chi connectivity index (χ0) is 27.8. The molecule has 0 saturated heterocycles. The molecular formula is C31H25N7O2S. The van der Waals surface area contributed by atoms with Gasteiger partial charge in [-0.3, -0.25) is 30.1 Å². The van der Waals surface area contributed by atoms with Crippen LogP contribution in [0.15, 0.2) is 85.1 Å². The lowest BCUT2D eigenvalue weighted by Gasteiger charge is -2.25. The molecule has 6 aromatic rings. The normalized spacial score (nSPS) is 13.3. The van der Waals surface area contributed by atoms with Crippen molar-refractivity contribution in [3.63, 3.8) is 0 Å². The van der Waals surface area contributed by atoms with Crippen LogP contribution in [0.3, 0.4) is 0 Å². The molecule has 0 spiro atoms. The van der Waals surface area contributed by atoms with Crippen LogP contribution in [0.4, 0.5) is 11.1 Å². The van der Waals surface area contributed by atoms with Gasteiger partial charge in [0.25, 0.3) is 11.8 Å². The van der Waals surface area contributed by atoms with E-state index in [1.807, 2.05) is 36.4 Å². The van der Waals surface area contributed by atoms with Gasteiger partial charge < -0.3 is 4.98 Å². The third kappa shape index (κ3) is 5.18. The number of pyridine rings is 1. The van der Waals surface area contributed by atoms with Crippen molar-refractivity contribution in [2.75, 3.05) is 17.2 Å². The van der Waals surface area contributed by atoms with Crippen LogP contribution in [-0.4, -0.2) is 43.2 Å². The number of aromatic nitrogens is 4. The maximum Gasteiger partial charge on any atom is 0.276 e. The second-order valence-electron chi connectivity index (χ2n) is 9.95. The van der Waals surface area contributed by atoms with Crippen molar-refractivity contribution in [2.45, 2.75) is 19.5 Å². The molecule has 1 aliphatic rings. The largest absolute Gasteiger partial charge is 0.324 e. The van der Waals surface area contributed by atoms with Gasteiger partial charge in [-0.1, -0.05) is 60.7 Å². The molecule has 3 aromatic heterocycles. The van der Waals surface area contributed by atoms with Gasteiger partial charge in [-0.2, -0.15) is 0 Å². The molecular weight excluding hydrogens is 534 g/mol. The fourth-order valence-corrected chi connectivity index (χ4v) is 6.14. The van der Waals surface area contributed by atoms with Gasteiger partial charge in [0.1, 0.15) is 11.2 Å². The number of amides is 2. The average Bonchev–Trinajstić information content (AvgIpc) is 3.59. The number of hydrogen-bond acceptors (Lipinski definition) is 7. The molecule has 0 radical (unpaired) electrons. The maximum atomic E-state index is 13.3. The van der Waals surface area contributed by atoms with E-state index in [0.717, 1.165) is 42.5 Å². The fraction of sp³-hybridized carbons (Fsp3) is 0.129. The van der Waals surface area contributed by atoms with Crippen molar-refractivity contribution >= 4 is 56.0 Å². The van der Waals surface area contributed by atoms with E-state index >= 15 is 0 Å². The van der Waals surface area contributed by atoms with Crippen molar-refractivity contribution in [1.29, 1.82) is 0 Å². The number of para-hydroxylation sites is 1. The van der Waals surface area contributed by atoms with Crippen LogP contribution >= 0.6 is 11.3 Å². The van der Waals surface area contributed by atoms with E-state index in [1.165, 1.54) is 21.8 Å². The standard InChI is InChI=1S/C31H25N7O2S/c39-28(37-31-34-23-13-14-38(18-26(23)41-31)17-19-7-2-1-3-8-19)22-11-6-12-24-27(22)35-30(33-24)36-29(40)25-15-20-9-4-5-10-21(20)16-32-25/h1-12,15-16H,13-14,17-18H2,(H,34,37,39)(H2,33,35,36,40). The Labute approximate surface area is 239 Å². The molecule has 0 bridgehead atoms. The number of anilines is 2. The average molecular weight is 560 g/mol. The summed E-state index contributed by atoms with van der Waals surface area (Å²) in [6.07, 6.45) is 2.52. The predicted octanol–water partition coefficient (Wildman–Crippen LogP) is 5.63. The summed E-state index contributed by atoms with van der Waals surface area (Å²) in [5.74, 6) is -0.456. The number of H-pyrrole nitrogens is 1. The molecule has 0 fully saturated rings. The highest BCUT2D eigenvalue weighted by molar-refractivity contribution is 7.15. The topological polar surface area (TPSA) is 116 Å². The van der Waals surface area contributed by atoms with E-state index in [2.05, 4.69) is 54.8 Å². The Bertz CT molecular complexity index is 1910. The van der Waals surface area contributed by atoms with Gasteiger partial charge in [-0.05, 0) is 29.1 Å². The van der Waals surface area contributed by atoms with Crippen LogP contribution in [0.1, 0.15) is 37.0 Å². The van der Waals surface area contributed by atoms with E-state index in [4.69, 9.17) is 4.98 Å². The first kappa shape index (κ1) is 25.1. The molecule has 3 aromatic carbocycles. The number of hydrogen-bond donors (Lipinski definition) is 3. The summed E-state index contributed by atoms with van der Waals surface area (Å²) in [6, 6.07) is 25.2. The van der Waals surface area contributed by atoms with Gasteiger partial charge >= 0.3 is 0 Å². The third-order valence-corrected chi connectivity index (χ3v) is 8.13. The molecule has 0 unspecified atom stereocenters. The van der Waals surface area contributed by atoms with Gasteiger partial charge in [0.05, 0.1) is 16.8 Å². The van der Waals surface area contributed by atoms with Crippen LogP contribution in [-0.2, 0) is 19.5 Å². The molecule has 0 aliphatic carbocycles. The summed E-state index contributed by atoms with van der Waals surface area (Å²) in [7, 11) is 0. The number of thiazole rings is 1. The summed E-state index contributed by atoms with van der Waals surface area (Å²) in [4.78, 5) is 46.4. The van der Waals surface area contributed by atoms with Crippen LogP contribution in [0, 0.1) is 0 Å². The highest BCUT2D eigenvalue weighted by atomic mass is 32.1. The molecule has 3 N–H and O–H groups in total. The third-order valence-electron chi connectivity index (χ3n) is 7.13. The summed E-state index contributed by atoms with van der Waals surface area (Å²) in [5, 5.41) is 8.18. The van der Waals surface area contributed by atoms with Crippen molar-refractivity contribution in [1.82, 2.24) is 24.8 Å². The number of carbonyl (C=O) groups excluding carboxylic acids is 2. The second-order valence-corrected chi connectivity index (χ2v) is 11.0. The number of rotatable bonds is 6. The maximum absolute atomic E-state index is 13.3. The second kappa shape index (κ2) is 10.6. The monoisotopic (exact) mass is 559 g/mol. The first-order valence-corrected chi connectivity index (χ1v) is 14.1. The number of nitrogens with zero attached hydrogens (tertiary/aromatic N) is 4. The first-order chi connectivity index (χ1) is 20.1. The summed E-state index contributed by atoms with van der Waals surface area (Å²) >= 11 is 1.51. The zero-order valence-corrected chi connectivity index (χ0v) is 22.7. The molecule has 0 saturated carbocycles. The minimum Gasteiger partial charge on any atom is -0.324 e. The molecule has 1 aliphatic heterocycles. The molecule has 202 valence electrons. The Morgan fingerprint density at radius 1 is 0.902 bits per heavy atom. The first-order valence-electron chi connectivity index (χ1n) is 13.3. The van der Waals surface area contributed by atoms with Crippen molar-refractivity contribution in [3.05, 3.63) is 112 Å².